The summed E-state index contributed by atoms with van der Waals surface area (Å²) in [4.78, 5) is 11.8. The number of urea groups is 1. The molecular formula is C19H24N2O. The smallest absolute Gasteiger partial charge is 0.315 e. The van der Waals surface area contributed by atoms with E-state index in [1.54, 1.807) is 0 Å². The molecule has 116 valence electrons. The Morgan fingerprint density at radius 3 is 2.41 bits per heavy atom. The van der Waals surface area contributed by atoms with Gasteiger partial charge in [0, 0.05) is 13.1 Å². The number of aryl methyl sites for hydroxylation is 1. The maximum atomic E-state index is 11.8. The first kappa shape index (κ1) is 16.1. The highest BCUT2D eigenvalue weighted by atomic mass is 16.2. The number of hydrogen-bond acceptors (Lipinski definition) is 1. The first-order valence-electron chi connectivity index (χ1n) is 7.78. The molecule has 0 aliphatic rings. The Labute approximate surface area is 132 Å². The van der Waals surface area contributed by atoms with Crippen LogP contribution in [0.4, 0.5) is 4.79 Å². The number of nitrogens with one attached hydrogen (secondary N) is 2. The molecule has 0 radical (unpaired) electrons. The molecule has 0 saturated carbocycles. The van der Waals surface area contributed by atoms with Crippen LogP contribution in [0.15, 0.2) is 54.6 Å². The van der Waals surface area contributed by atoms with Crippen molar-refractivity contribution in [3.05, 3.63) is 71.3 Å². The molecule has 0 saturated heterocycles. The van der Waals surface area contributed by atoms with E-state index in [2.05, 4.69) is 42.7 Å². The lowest BCUT2D eigenvalue weighted by molar-refractivity contribution is 0.240. The van der Waals surface area contributed by atoms with Crippen molar-refractivity contribution in [1.82, 2.24) is 10.6 Å². The number of rotatable bonds is 6. The summed E-state index contributed by atoms with van der Waals surface area (Å²) in [6, 6.07) is 18.3. The van der Waals surface area contributed by atoms with Crippen LogP contribution in [0.1, 0.15) is 36.0 Å². The van der Waals surface area contributed by atoms with Crippen molar-refractivity contribution in [3.63, 3.8) is 0 Å². The van der Waals surface area contributed by atoms with Gasteiger partial charge in [0.25, 0.3) is 0 Å². The van der Waals surface area contributed by atoms with E-state index in [4.69, 9.17) is 0 Å². The summed E-state index contributed by atoms with van der Waals surface area (Å²) in [6.45, 7) is 5.47. The van der Waals surface area contributed by atoms with Gasteiger partial charge in [-0.05, 0) is 36.0 Å². The second kappa shape index (κ2) is 8.23. The molecule has 2 amide bonds. The van der Waals surface area contributed by atoms with Gasteiger partial charge in [-0.1, -0.05) is 61.5 Å². The largest absolute Gasteiger partial charge is 0.338 e. The molecule has 0 heterocycles. The Bertz CT molecular complexity index is 595. The van der Waals surface area contributed by atoms with Crippen LogP contribution in [0.2, 0.25) is 0 Å². The van der Waals surface area contributed by atoms with Crippen LogP contribution in [0, 0.1) is 6.92 Å². The third-order valence-electron chi connectivity index (χ3n) is 3.93. The molecule has 1 unspecified atom stereocenters. The second-order valence-corrected chi connectivity index (χ2v) is 5.64. The van der Waals surface area contributed by atoms with Crippen LogP contribution in [-0.2, 0) is 6.54 Å². The van der Waals surface area contributed by atoms with Crippen LogP contribution >= 0.6 is 0 Å². The Morgan fingerprint density at radius 2 is 1.68 bits per heavy atom. The van der Waals surface area contributed by atoms with Crippen LogP contribution < -0.4 is 10.6 Å². The number of carbonyl (C=O) groups is 1. The predicted octanol–water partition coefficient (Wildman–Crippen LogP) is 3.99. The third kappa shape index (κ3) is 4.92. The molecule has 22 heavy (non-hydrogen) atoms. The minimum Gasteiger partial charge on any atom is -0.338 e. The molecule has 1 atom stereocenters. The summed E-state index contributed by atoms with van der Waals surface area (Å²) in [5.41, 5.74) is 3.65. The quantitative estimate of drug-likeness (QED) is 0.831. The summed E-state index contributed by atoms with van der Waals surface area (Å²) in [6.07, 6.45) is 0.932. The molecule has 0 aliphatic carbocycles. The van der Waals surface area contributed by atoms with Gasteiger partial charge in [0.05, 0.1) is 0 Å². The molecule has 2 N–H and O–H groups in total. The SMILES string of the molecule is Cc1ccccc1CNC(=O)NCCC(C)c1ccccc1. The third-order valence-corrected chi connectivity index (χ3v) is 3.93. The Balaban J connectivity index is 1.69. The maximum Gasteiger partial charge on any atom is 0.315 e. The Kier molecular flexibility index (Phi) is 6.01. The molecule has 0 fully saturated rings. The zero-order chi connectivity index (χ0) is 15.8. The average molecular weight is 296 g/mol. The summed E-state index contributed by atoms with van der Waals surface area (Å²) in [7, 11) is 0. The minimum absolute atomic E-state index is 0.108. The first-order chi connectivity index (χ1) is 10.7. The standard InChI is InChI=1S/C19H24N2O/c1-15-8-6-7-11-18(15)14-21-19(22)20-13-12-16(2)17-9-4-3-5-10-17/h3-11,16H,12-14H2,1-2H3,(H2,20,21,22). The average Bonchev–Trinajstić information content (AvgIpc) is 2.55. The van der Waals surface area contributed by atoms with Gasteiger partial charge in [-0.25, -0.2) is 4.79 Å². The lowest BCUT2D eigenvalue weighted by Gasteiger charge is -2.13. The fourth-order valence-electron chi connectivity index (χ4n) is 2.40. The molecule has 0 aliphatic heterocycles. The minimum atomic E-state index is -0.108. The van der Waals surface area contributed by atoms with Crippen molar-refractivity contribution >= 4 is 6.03 Å². The predicted molar refractivity (Wildman–Crippen MR) is 90.9 cm³/mol. The van der Waals surface area contributed by atoms with E-state index in [1.807, 2.05) is 36.4 Å². The van der Waals surface area contributed by atoms with E-state index in [-0.39, 0.29) is 6.03 Å². The number of benzene rings is 2. The molecule has 2 rings (SSSR count). The van der Waals surface area contributed by atoms with Gasteiger partial charge in [-0.3, -0.25) is 0 Å². The van der Waals surface area contributed by atoms with E-state index in [1.165, 1.54) is 11.1 Å². The van der Waals surface area contributed by atoms with Gasteiger partial charge in [0.1, 0.15) is 0 Å². The lowest BCUT2D eigenvalue weighted by atomic mass is 9.98. The van der Waals surface area contributed by atoms with E-state index in [0.29, 0.717) is 19.0 Å². The molecule has 3 heteroatoms. The van der Waals surface area contributed by atoms with Gasteiger partial charge < -0.3 is 10.6 Å². The summed E-state index contributed by atoms with van der Waals surface area (Å²) in [5.74, 6) is 0.442. The van der Waals surface area contributed by atoms with Crippen LogP contribution in [0.3, 0.4) is 0 Å². The highest BCUT2D eigenvalue weighted by Gasteiger charge is 2.06. The number of amides is 2. The monoisotopic (exact) mass is 296 g/mol. The molecule has 2 aromatic carbocycles. The normalized spacial score (nSPS) is 11.7. The fourth-order valence-corrected chi connectivity index (χ4v) is 2.40. The Morgan fingerprint density at radius 1 is 1.00 bits per heavy atom. The summed E-state index contributed by atoms with van der Waals surface area (Å²) in [5, 5.41) is 5.83. The maximum absolute atomic E-state index is 11.8. The molecule has 0 bridgehead atoms. The topological polar surface area (TPSA) is 41.1 Å². The molecule has 0 aromatic heterocycles. The number of hydrogen-bond donors (Lipinski definition) is 2. The van der Waals surface area contributed by atoms with Crippen molar-refractivity contribution in [2.24, 2.45) is 0 Å². The van der Waals surface area contributed by atoms with Crippen molar-refractivity contribution in [3.8, 4) is 0 Å². The van der Waals surface area contributed by atoms with Crippen molar-refractivity contribution in [2.75, 3.05) is 6.54 Å². The van der Waals surface area contributed by atoms with Gasteiger partial charge in [0.15, 0.2) is 0 Å². The van der Waals surface area contributed by atoms with Gasteiger partial charge in [-0.15, -0.1) is 0 Å². The highest BCUT2D eigenvalue weighted by Crippen LogP contribution is 2.17. The molecule has 2 aromatic rings. The van der Waals surface area contributed by atoms with Crippen molar-refractivity contribution in [2.45, 2.75) is 32.7 Å². The Hall–Kier alpha value is -2.29. The van der Waals surface area contributed by atoms with Crippen molar-refractivity contribution < 1.29 is 4.79 Å². The van der Waals surface area contributed by atoms with Gasteiger partial charge in [0.2, 0.25) is 0 Å². The van der Waals surface area contributed by atoms with E-state index >= 15 is 0 Å². The van der Waals surface area contributed by atoms with Crippen LogP contribution in [0.5, 0.6) is 0 Å². The molecule has 0 spiro atoms. The lowest BCUT2D eigenvalue weighted by Crippen LogP contribution is -2.36. The highest BCUT2D eigenvalue weighted by molar-refractivity contribution is 5.73. The molecular weight excluding hydrogens is 272 g/mol. The summed E-state index contributed by atoms with van der Waals surface area (Å²) >= 11 is 0. The van der Waals surface area contributed by atoms with Crippen molar-refractivity contribution in [1.29, 1.82) is 0 Å². The number of carbonyl (C=O) groups excluding carboxylic acids is 1. The first-order valence-corrected chi connectivity index (χ1v) is 7.78. The van der Waals surface area contributed by atoms with Crippen LogP contribution in [0.25, 0.3) is 0 Å². The summed E-state index contributed by atoms with van der Waals surface area (Å²) < 4.78 is 0. The van der Waals surface area contributed by atoms with Gasteiger partial charge >= 0.3 is 6.03 Å². The second-order valence-electron chi connectivity index (χ2n) is 5.64. The molecule has 3 nitrogen and oxygen atoms in total. The fraction of sp³-hybridized carbons (Fsp3) is 0.316. The van der Waals surface area contributed by atoms with E-state index in [9.17, 15) is 4.79 Å². The van der Waals surface area contributed by atoms with E-state index < -0.39 is 0 Å². The zero-order valence-electron chi connectivity index (χ0n) is 13.3. The van der Waals surface area contributed by atoms with E-state index in [0.717, 1.165) is 12.0 Å². The zero-order valence-corrected chi connectivity index (χ0v) is 13.3. The van der Waals surface area contributed by atoms with Crippen LogP contribution in [-0.4, -0.2) is 12.6 Å². The van der Waals surface area contributed by atoms with Gasteiger partial charge in [-0.2, -0.15) is 0 Å².